The van der Waals surface area contributed by atoms with Crippen LogP contribution in [0.5, 0.6) is 5.75 Å². The van der Waals surface area contributed by atoms with Gasteiger partial charge in [0.2, 0.25) is 0 Å². The predicted octanol–water partition coefficient (Wildman–Crippen LogP) is 4.46. The van der Waals surface area contributed by atoms with Gasteiger partial charge in [-0.25, -0.2) is 0 Å². The summed E-state index contributed by atoms with van der Waals surface area (Å²) in [5.74, 6) is 1.58. The van der Waals surface area contributed by atoms with Crippen LogP contribution < -0.4 is 4.74 Å². The van der Waals surface area contributed by atoms with E-state index in [1.807, 2.05) is 14.1 Å². The Labute approximate surface area is 215 Å². The molecule has 2 unspecified atom stereocenters. The SMILES string of the molecule is CN(C)CCOc1ccc([C@@H]2C[C@]3(C)C(=O)CCC3C3CC[C@]4(O)CC5(CCC4=C32)OCCO5)cc1. The standard InChI is InChI=1S/C30H41NO5/c1-28-18-23(20-4-6-21(7-5-20)34-15-14-31(2)3)27-22(24(28)8-9-26(28)32)10-12-29(33)19-30(13-11-25(27)29)35-16-17-36-30/h4-7,22-24,33H,8-19H2,1-3H3/t22?,23-,24?,28-,29-/m0/s1. The molecule has 4 aliphatic carbocycles. The number of hydrogen-bond acceptors (Lipinski definition) is 6. The van der Waals surface area contributed by atoms with Crippen molar-refractivity contribution in [3.8, 4) is 5.75 Å². The number of benzene rings is 1. The zero-order valence-electron chi connectivity index (χ0n) is 22.1. The molecule has 5 aliphatic rings. The van der Waals surface area contributed by atoms with Gasteiger partial charge in [0.05, 0.1) is 18.8 Å². The monoisotopic (exact) mass is 495 g/mol. The average molecular weight is 496 g/mol. The molecule has 6 rings (SSSR count). The largest absolute Gasteiger partial charge is 0.492 e. The number of Topliss-reactive ketones (excluding diaryl/α,β-unsaturated/α-hetero) is 1. The third-order valence-corrected chi connectivity index (χ3v) is 10.0. The third-order valence-electron chi connectivity index (χ3n) is 10.0. The Balaban J connectivity index is 1.36. The fourth-order valence-corrected chi connectivity index (χ4v) is 8.23. The molecule has 0 bridgehead atoms. The Hall–Kier alpha value is -1.73. The molecule has 3 saturated carbocycles. The topological polar surface area (TPSA) is 68.2 Å². The fourth-order valence-electron chi connectivity index (χ4n) is 8.23. The Kier molecular flexibility index (Phi) is 6.11. The van der Waals surface area contributed by atoms with E-state index in [9.17, 15) is 9.90 Å². The van der Waals surface area contributed by atoms with E-state index in [1.165, 1.54) is 16.7 Å². The number of hydrogen-bond donors (Lipinski definition) is 1. The van der Waals surface area contributed by atoms with Gasteiger partial charge in [-0.15, -0.1) is 0 Å². The second kappa shape index (κ2) is 8.93. The van der Waals surface area contributed by atoms with Crippen LogP contribution in [0.3, 0.4) is 0 Å². The molecular formula is C30H41NO5. The molecule has 196 valence electrons. The molecule has 1 aromatic carbocycles. The van der Waals surface area contributed by atoms with Crippen molar-refractivity contribution in [2.24, 2.45) is 17.3 Å². The maximum atomic E-state index is 13.2. The van der Waals surface area contributed by atoms with Gasteiger partial charge in [-0.3, -0.25) is 4.79 Å². The van der Waals surface area contributed by atoms with Crippen LogP contribution in [0.1, 0.15) is 69.8 Å². The van der Waals surface area contributed by atoms with E-state index in [1.54, 1.807) is 0 Å². The third kappa shape index (κ3) is 3.96. The molecule has 6 heteroatoms. The maximum absolute atomic E-state index is 13.2. The summed E-state index contributed by atoms with van der Waals surface area (Å²) in [6.07, 6.45) is 6.31. The number of ketones is 1. The highest BCUT2D eigenvalue weighted by molar-refractivity contribution is 5.87. The first-order chi connectivity index (χ1) is 17.2. The van der Waals surface area contributed by atoms with Gasteiger partial charge in [0.1, 0.15) is 18.1 Å². The average Bonchev–Trinajstić information content (AvgIpc) is 3.41. The van der Waals surface area contributed by atoms with Gasteiger partial charge in [-0.05, 0) is 81.3 Å². The molecule has 1 aromatic rings. The number of carbonyl (C=O) groups is 1. The van der Waals surface area contributed by atoms with Gasteiger partial charge in [0.25, 0.3) is 0 Å². The summed E-state index contributed by atoms with van der Waals surface area (Å²) in [7, 11) is 4.09. The summed E-state index contributed by atoms with van der Waals surface area (Å²) in [4.78, 5) is 15.3. The number of fused-ring (bicyclic) bond motifs is 4. The first-order valence-corrected chi connectivity index (χ1v) is 13.9. The molecule has 1 saturated heterocycles. The Morgan fingerprint density at radius 1 is 1.08 bits per heavy atom. The van der Waals surface area contributed by atoms with Crippen LogP contribution in [0.2, 0.25) is 0 Å². The molecule has 1 N–H and O–H groups in total. The molecule has 5 atom stereocenters. The van der Waals surface area contributed by atoms with Crippen molar-refractivity contribution in [2.45, 2.75) is 75.6 Å². The lowest BCUT2D eigenvalue weighted by Gasteiger charge is -2.55. The molecule has 6 nitrogen and oxygen atoms in total. The van der Waals surface area contributed by atoms with E-state index in [4.69, 9.17) is 14.2 Å². The van der Waals surface area contributed by atoms with Crippen LogP contribution in [0, 0.1) is 17.3 Å². The summed E-state index contributed by atoms with van der Waals surface area (Å²) in [6.45, 7) is 4.96. The quantitative estimate of drug-likeness (QED) is 0.608. The maximum Gasteiger partial charge on any atom is 0.171 e. The highest BCUT2D eigenvalue weighted by atomic mass is 16.7. The molecule has 4 fully saturated rings. The van der Waals surface area contributed by atoms with E-state index in [2.05, 4.69) is 36.1 Å². The number of rotatable bonds is 5. The van der Waals surface area contributed by atoms with Crippen molar-refractivity contribution in [3.63, 3.8) is 0 Å². The molecule has 1 heterocycles. The minimum absolute atomic E-state index is 0.149. The number of carbonyl (C=O) groups excluding carboxylic acids is 1. The number of ether oxygens (including phenoxy) is 3. The number of allylic oxidation sites excluding steroid dienone is 1. The van der Waals surface area contributed by atoms with Crippen LogP contribution in [0.15, 0.2) is 35.4 Å². The molecule has 1 spiro atoms. The summed E-state index contributed by atoms with van der Waals surface area (Å²) >= 11 is 0. The second-order valence-electron chi connectivity index (χ2n) is 12.4. The van der Waals surface area contributed by atoms with E-state index in [0.717, 1.165) is 50.8 Å². The summed E-state index contributed by atoms with van der Waals surface area (Å²) in [5, 5.41) is 12.1. The zero-order valence-corrected chi connectivity index (χ0v) is 22.1. The highest BCUT2D eigenvalue weighted by Crippen LogP contribution is 2.64. The first-order valence-electron chi connectivity index (χ1n) is 13.9. The minimum Gasteiger partial charge on any atom is -0.492 e. The van der Waals surface area contributed by atoms with Crippen molar-refractivity contribution < 1.29 is 24.1 Å². The van der Waals surface area contributed by atoms with Gasteiger partial charge < -0.3 is 24.2 Å². The Morgan fingerprint density at radius 2 is 1.83 bits per heavy atom. The minimum atomic E-state index is -0.877. The van der Waals surface area contributed by atoms with Gasteiger partial charge in [-0.1, -0.05) is 24.6 Å². The predicted molar refractivity (Wildman–Crippen MR) is 137 cm³/mol. The van der Waals surface area contributed by atoms with E-state index < -0.39 is 11.4 Å². The molecule has 0 amide bonds. The van der Waals surface area contributed by atoms with Crippen LogP contribution in [0.25, 0.3) is 0 Å². The normalized spacial score (nSPS) is 37.2. The summed E-state index contributed by atoms with van der Waals surface area (Å²) in [6, 6.07) is 8.51. The van der Waals surface area contributed by atoms with Crippen LogP contribution in [0.4, 0.5) is 0 Å². The number of likely N-dealkylation sites (N-methyl/N-ethyl adjacent to an activating group) is 1. The zero-order chi connectivity index (χ0) is 25.1. The molecule has 0 aromatic heterocycles. The van der Waals surface area contributed by atoms with Crippen molar-refractivity contribution in [2.75, 3.05) is 40.5 Å². The van der Waals surface area contributed by atoms with E-state index in [-0.39, 0.29) is 11.3 Å². The summed E-state index contributed by atoms with van der Waals surface area (Å²) < 4.78 is 18.0. The van der Waals surface area contributed by atoms with Crippen molar-refractivity contribution in [1.82, 2.24) is 4.90 Å². The molecule has 1 aliphatic heterocycles. The van der Waals surface area contributed by atoms with Crippen LogP contribution in [-0.2, 0) is 14.3 Å². The van der Waals surface area contributed by atoms with Crippen molar-refractivity contribution in [3.05, 3.63) is 41.0 Å². The lowest BCUT2D eigenvalue weighted by atomic mass is 9.51. The number of nitrogens with zero attached hydrogens (tertiary/aromatic N) is 1. The lowest BCUT2D eigenvalue weighted by molar-refractivity contribution is -0.208. The van der Waals surface area contributed by atoms with Gasteiger partial charge in [-0.2, -0.15) is 0 Å². The summed E-state index contributed by atoms with van der Waals surface area (Å²) in [5.41, 5.74) is 2.73. The van der Waals surface area contributed by atoms with Gasteiger partial charge in [0.15, 0.2) is 5.79 Å². The fraction of sp³-hybridized carbons (Fsp3) is 0.700. The van der Waals surface area contributed by atoms with E-state index in [0.29, 0.717) is 50.3 Å². The van der Waals surface area contributed by atoms with Crippen LogP contribution in [-0.4, -0.2) is 67.6 Å². The Morgan fingerprint density at radius 3 is 2.56 bits per heavy atom. The molecular weight excluding hydrogens is 454 g/mol. The highest BCUT2D eigenvalue weighted by Gasteiger charge is 2.60. The van der Waals surface area contributed by atoms with Crippen molar-refractivity contribution >= 4 is 5.78 Å². The number of aliphatic hydroxyl groups is 1. The Bertz CT molecular complexity index is 1040. The first kappa shape index (κ1) is 24.6. The van der Waals surface area contributed by atoms with Crippen molar-refractivity contribution in [1.29, 1.82) is 0 Å². The molecule has 36 heavy (non-hydrogen) atoms. The van der Waals surface area contributed by atoms with Gasteiger partial charge in [0, 0.05) is 37.1 Å². The molecule has 0 radical (unpaired) electrons. The smallest absolute Gasteiger partial charge is 0.171 e. The van der Waals surface area contributed by atoms with E-state index >= 15 is 0 Å². The van der Waals surface area contributed by atoms with Gasteiger partial charge >= 0.3 is 0 Å². The van der Waals surface area contributed by atoms with Crippen LogP contribution >= 0.6 is 0 Å². The lowest BCUT2D eigenvalue weighted by Crippen LogP contribution is -2.53. The second-order valence-corrected chi connectivity index (χ2v) is 12.4.